The number of pyridine rings is 1. The molecule has 0 aromatic carbocycles. The van der Waals surface area contributed by atoms with E-state index in [4.69, 9.17) is 0 Å². The molecule has 1 aromatic heterocycles. The molecule has 1 aliphatic rings. The van der Waals surface area contributed by atoms with Crippen LogP contribution < -0.4 is 5.32 Å². The number of aromatic nitrogens is 1. The van der Waals surface area contributed by atoms with Crippen LogP contribution in [0.2, 0.25) is 0 Å². The van der Waals surface area contributed by atoms with E-state index in [1.165, 1.54) is 31.2 Å². The standard InChI is InChI=1S/C18H30N2/c1-4-9-19-13-17-8-7-15(14(2)3)11-18(17)16-6-5-10-20-12-16/h5-6,10,12,14-15,17-19H,4,7-9,11,13H2,1-3H3. The highest BCUT2D eigenvalue weighted by Gasteiger charge is 2.32. The second kappa shape index (κ2) is 7.78. The Morgan fingerprint density at radius 2 is 2.20 bits per heavy atom. The van der Waals surface area contributed by atoms with Crippen LogP contribution in [0.1, 0.15) is 57.9 Å². The number of nitrogens with one attached hydrogen (secondary N) is 1. The minimum atomic E-state index is 0.689. The fraction of sp³-hybridized carbons (Fsp3) is 0.722. The van der Waals surface area contributed by atoms with Crippen molar-refractivity contribution in [2.24, 2.45) is 17.8 Å². The lowest BCUT2D eigenvalue weighted by Crippen LogP contribution is -2.33. The average Bonchev–Trinajstić information content (AvgIpc) is 2.48. The summed E-state index contributed by atoms with van der Waals surface area (Å²) in [5.74, 6) is 3.15. The van der Waals surface area contributed by atoms with Crippen LogP contribution in [0, 0.1) is 17.8 Å². The van der Waals surface area contributed by atoms with Gasteiger partial charge in [0.25, 0.3) is 0 Å². The molecule has 0 spiro atoms. The summed E-state index contributed by atoms with van der Waals surface area (Å²) in [4.78, 5) is 4.34. The maximum absolute atomic E-state index is 4.34. The molecule has 1 saturated carbocycles. The van der Waals surface area contributed by atoms with Crippen LogP contribution in [0.5, 0.6) is 0 Å². The predicted molar refractivity (Wildman–Crippen MR) is 85.8 cm³/mol. The zero-order valence-corrected chi connectivity index (χ0v) is 13.3. The summed E-state index contributed by atoms with van der Waals surface area (Å²) in [7, 11) is 0. The highest BCUT2D eigenvalue weighted by Crippen LogP contribution is 2.42. The molecule has 1 heterocycles. The van der Waals surface area contributed by atoms with Crippen LogP contribution >= 0.6 is 0 Å². The second-order valence-corrected chi connectivity index (χ2v) is 6.67. The topological polar surface area (TPSA) is 24.9 Å². The maximum Gasteiger partial charge on any atom is 0.0302 e. The first-order valence-electron chi connectivity index (χ1n) is 8.33. The summed E-state index contributed by atoms with van der Waals surface area (Å²) in [6.45, 7) is 9.30. The van der Waals surface area contributed by atoms with Crippen molar-refractivity contribution >= 4 is 0 Å². The maximum atomic E-state index is 4.34. The molecule has 3 unspecified atom stereocenters. The highest BCUT2D eigenvalue weighted by molar-refractivity contribution is 5.17. The minimum Gasteiger partial charge on any atom is -0.316 e. The molecule has 2 nitrogen and oxygen atoms in total. The van der Waals surface area contributed by atoms with Gasteiger partial charge in [0.15, 0.2) is 0 Å². The Morgan fingerprint density at radius 1 is 1.35 bits per heavy atom. The van der Waals surface area contributed by atoms with Gasteiger partial charge in [-0.25, -0.2) is 0 Å². The van der Waals surface area contributed by atoms with Crippen molar-refractivity contribution in [2.45, 2.75) is 52.4 Å². The van der Waals surface area contributed by atoms with Crippen molar-refractivity contribution in [3.8, 4) is 0 Å². The molecule has 2 heteroatoms. The van der Waals surface area contributed by atoms with Gasteiger partial charge in [-0.1, -0.05) is 26.8 Å². The molecule has 0 aliphatic heterocycles. The Morgan fingerprint density at radius 3 is 2.85 bits per heavy atom. The summed E-state index contributed by atoms with van der Waals surface area (Å²) in [5, 5.41) is 3.63. The molecular weight excluding hydrogens is 244 g/mol. The summed E-state index contributed by atoms with van der Waals surface area (Å²) in [6.07, 6.45) is 9.28. The van der Waals surface area contributed by atoms with Gasteiger partial charge in [-0.2, -0.15) is 0 Å². The van der Waals surface area contributed by atoms with E-state index in [-0.39, 0.29) is 0 Å². The van der Waals surface area contributed by atoms with Crippen LogP contribution in [-0.4, -0.2) is 18.1 Å². The lowest BCUT2D eigenvalue weighted by atomic mass is 9.68. The fourth-order valence-electron chi connectivity index (χ4n) is 3.58. The normalized spacial score (nSPS) is 26.9. The number of hydrogen-bond acceptors (Lipinski definition) is 2. The molecular formula is C18H30N2. The molecule has 2 rings (SSSR count). The van der Waals surface area contributed by atoms with E-state index < -0.39 is 0 Å². The van der Waals surface area contributed by atoms with Crippen molar-refractivity contribution in [1.82, 2.24) is 10.3 Å². The van der Waals surface area contributed by atoms with Crippen molar-refractivity contribution in [3.63, 3.8) is 0 Å². The van der Waals surface area contributed by atoms with Gasteiger partial charge in [0.1, 0.15) is 0 Å². The zero-order valence-electron chi connectivity index (χ0n) is 13.3. The highest BCUT2D eigenvalue weighted by atomic mass is 14.9. The third kappa shape index (κ3) is 4.05. The first kappa shape index (κ1) is 15.5. The number of hydrogen-bond donors (Lipinski definition) is 1. The van der Waals surface area contributed by atoms with E-state index in [0.29, 0.717) is 5.92 Å². The summed E-state index contributed by atoms with van der Waals surface area (Å²) >= 11 is 0. The second-order valence-electron chi connectivity index (χ2n) is 6.67. The van der Waals surface area contributed by atoms with Gasteiger partial charge in [-0.15, -0.1) is 0 Å². The first-order valence-corrected chi connectivity index (χ1v) is 8.33. The third-order valence-corrected chi connectivity index (χ3v) is 4.92. The molecule has 0 saturated heterocycles. The van der Waals surface area contributed by atoms with Crippen LogP contribution in [0.15, 0.2) is 24.5 Å². The Kier molecular flexibility index (Phi) is 6.03. The Hall–Kier alpha value is -0.890. The molecule has 0 radical (unpaired) electrons. The van der Waals surface area contributed by atoms with E-state index in [0.717, 1.165) is 30.8 Å². The first-order chi connectivity index (χ1) is 9.72. The molecule has 1 N–H and O–H groups in total. The van der Waals surface area contributed by atoms with Gasteiger partial charge in [-0.3, -0.25) is 4.98 Å². The summed E-state index contributed by atoms with van der Waals surface area (Å²) < 4.78 is 0. The van der Waals surface area contributed by atoms with Crippen molar-refractivity contribution in [3.05, 3.63) is 30.1 Å². The smallest absolute Gasteiger partial charge is 0.0302 e. The van der Waals surface area contributed by atoms with Crippen LogP contribution in [0.4, 0.5) is 0 Å². The number of nitrogens with zero attached hydrogens (tertiary/aromatic N) is 1. The van der Waals surface area contributed by atoms with Crippen LogP contribution in [0.3, 0.4) is 0 Å². The van der Waals surface area contributed by atoms with Gasteiger partial charge in [-0.05, 0) is 74.1 Å². The molecule has 3 atom stereocenters. The average molecular weight is 274 g/mol. The van der Waals surface area contributed by atoms with Crippen LogP contribution in [-0.2, 0) is 0 Å². The molecule has 1 aliphatic carbocycles. The summed E-state index contributed by atoms with van der Waals surface area (Å²) in [5.41, 5.74) is 1.45. The van der Waals surface area contributed by atoms with Gasteiger partial charge in [0, 0.05) is 12.4 Å². The zero-order chi connectivity index (χ0) is 14.4. The quantitative estimate of drug-likeness (QED) is 0.785. The van der Waals surface area contributed by atoms with Gasteiger partial charge in [0.2, 0.25) is 0 Å². The predicted octanol–water partition coefficient (Wildman–Crippen LogP) is 4.24. The fourth-order valence-corrected chi connectivity index (χ4v) is 3.58. The molecule has 20 heavy (non-hydrogen) atoms. The number of rotatable bonds is 6. The largest absolute Gasteiger partial charge is 0.316 e. The molecule has 1 fully saturated rings. The van der Waals surface area contributed by atoms with Gasteiger partial charge in [0.05, 0.1) is 0 Å². The molecule has 0 bridgehead atoms. The van der Waals surface area contributed by atoms with Crippen molar-refractivity contribution in [2.75, 3.05) is 13.1 Å². The van der Waals surface area contributed by atoms with E-state index in [1.807, 2.05) is 6.20 Å². The minimum absolute atomic E-state index is 0.689. The Labute approximate surface area is 124 Å². The van der Waals surface area contributed by atoms with Gasteiger partial charge < -0.3 is 5.32 Å². The van der Waals surface area contributed by atoms with Crippen LogP contribution in [0.25, 0.3) is 0 Å². The Bertz CT molecular complexity index is 374. The van der Waals surface area contributed by atoms with E-state index in [9.17, 15) is 0 Å². The molecule has 0 amide bonds. The SMILES string of the molecule is CCCNCC1CCC(C(C)C)CC1c1cccnc1. The lowest BCUT2D eigenvalue weighted by Gasteiger charge is -2.38. The van der Waals surface area contributed by atoms with Crippen molar-refractivity contribution in [1.29, 1.82) is 0 Å². The Balaban J connectivity index is 2.06. The monoisotopic (exact) mass is 274 g/mol. The van der Waals surface area contributed by atoms with E-state index >= 15 is 0 Å². The van der Waals surface area contributed by atoms with Crippen molar-refractivity contribution < 1.29 is 0 Å². The van der Waals surface area contributed by atoms with Gasteiger partial charge >= 0.3 is 0 Å². The summed E-state index contributed by atoms with van der Waals surface area (Å²) in [6, 6.07) is 4.36. The third-order valence-electron chi connectivity index (χ3n) is 4.92. The lowest BCUT2D eigenvalue weighted by molar-refractivity contribution is 0.190. The van der Waals surface area contributed by atoms with E-state index in [1.54, 1.807) is 0 Å². The molecule has 1 aromatic rings. The van der Waals surface area contributed by atoms with E-state index in [2.05, 4.69) is 49.4 Å². The molecule has 112 valence electrons.